The Morgan fingerprint density at radius 3 is 2.71 bits per heavy atom. The molecule has 0 saturated carbocycles. The number of benzene rings is 1. The Hall–Kier alpha value is -0.940. The van der Waals surface area contributed by atoms with Crippen LogP contribution in [0.5, 0.6) is 0 Å². The summed E-state index contributed by atoms with van der Waals surface area (Å²) in [6, 6.07) is 4.63. The summed E-state index contributed by atoms with van der Waals surface area (Å²) in [4.78, 5) is 0. The topological polar surface area (TPSA) is 72.2 Å². The summed E-state index contributed by atoms with van der Waals surface area (Å²) >= 11 is 5.70. The third kappa shape index (κ3) is 2.78. The van der Waals surface area contributed by atoms with Gasteiger partial charge in [0.05, 0.1) is 17.1 Å². The van der Waals surface area contributed by atoms with Crippen molar-refractivity contribution >= 4 is 33.0 Å². The van der Waals surface area contributed by atoms with E-state index in [9.17, 15) is 8.42 Å². The van der Waals surface area contributed by atoms with Gasteiger partial charge < -0.3 is 5.73 Å². The number of nitrogens with one attached hydrogen (secondary N) is 1. The van der Waals surface area contributed by atoms with E-state index in [-0.39, 0.29) is 5.75 Å². The van der Waals surface area contributed by atoms with E-state index in [0.717, 1.165) is 0 Å². The molecule has 1 rings (SSSR count). The highest BCUT2D eigenvalue weighted by Gasteiger charge is 2.09. The molecular formula is C8H11ClN2O2S. The van der Waals surface area contributed by atoms with Crippen LogP contribution in [0.4, 0.5) is 11.4 Å². The number of hydrogen-bond acceptors (Lipinski definition) is 3. The molecule has 0 saturated heterocycles. The largest absolute Gasteiger partial charge is 0.397 e. The van der Waals surface area contributed by atoms with E-state index < -0.39 is 10.0 Å². The van der Waals surface area contributed by atoms with Gasteiger partial charge in [-0.25, -0.2) is 8.42 Å². The van der Waals surface area contributed by atoms with Gasteiger partial charge in [0.2, 0.25) is 10.0 Å². The van der Waals surface area contributed by atoms with Gasteiger partial charge in [-0.1, -0.05) is 11.6 Å². The van der Waals surface area contributed by atoms with Gasteiger partial charge in [0.15, 0.2) is 0 Å². The quantitative estimate of drug-likeness (QED) is 0.782. The second-order valence-corrected chi connectivity index (χ2v) is 5.18. The van der Waals surface area contributed by atoms with E-state index >= 15 is 0 Å². The van der Waals surface area contributed by atoms with Crippen molar-refractivity contribution in [3.8, 4) is 0 Å². The fraction of sp³-hybridized carbons (Fsp3) is 0.250. The molecule has 0 bridgehead atoms. The number of nitrogen functional groups attached to an aromatic ring is 1. The predicted octanol–water partition coefficient (Wildman–Crippen LogP) is 1.68. The minimum Gasteiger partial charge on any atom is -0.397 e. The monoisotopic (exact) mass is 234 g/mol. The molecule has 1 aromatic rings. The molecule has 0 amide bonds. The zero-order valence-electron chi connectivity index (χ0n) is 7.62. The molecule has 14 heavy (non-hydrogen) atoms. The van der Waals surface area contributed by atoms with Crippen molar-refractivity contribution in [2.24, 2.45) is 0 Å². The van der Waals surface area contributed by atoms with E-state index in [4.69, 9.17) is 17.3 Å². The summed E-state index contributed by atoms with van der Waals surface area (Å²) in [5, 5.41) is 0.438. The Labute approximate surface area is 88.1 Å². The summed E-state index contributed by atoms with van der Waals surface area (Å²) in [5.74, 6) is -0.00104. The van der Waals surface area contributed by atoms with Crippen molar-refractivity contribution in [2.45, 2.75) is 6.92 Å². The van der Waals surface area contributed by atoms with Gasteiger partial charge in [0.25, 0.3) is 0 Å². The third-order valence-electron chi connectivity index (χ3n) is 1.66. The van der Waals surface area contributed by atoms with Crippen LogP contribution in [0.25, 0.3) is 0 Å². The summed E-state index contributed by atoms with van der Waals surface area (Å²) in [5.41, 5.74) is 6.24. The van der Waals surface area contributed by atoms with Crippen LogP contribution in [0.2, 0.25) is 5.02 Å². The van der Waals surface area contributed by atoms with Gasteiger partial charge in [-0.2, -0.15) is 0 Å². The molecule has 0 unspecified atom stereocenters. The average Bonchev–Trinajstić information content (AvgIpc) is 2.11. The van der Waals surface area contributed by atoms with Crippen LogP contribution in [0.1, 0.15) is 6.92 Å². The van der Waals surface area contributed by atoms with Crippen molar-refractivity contribution in [1.29, 1.82) is 0 Å². The first-order valence-corrected chi connectivity index (χ1v) is 6.03. The highest BCUT2D eigenvalue weighted by atomic mass is 35.5. The first-order valence-electron chi connectivity index (χ1n) is 4.00. The maximum atomic E-state index is 11.2. The van der Waals surface area contributed by atoms with Crippen LogP contribution >= 0.6 is 11.6 Å². The van der Waals surface area contributed by atoms with Crippen LogP contribution in [0.15, 0.2) is 18.2 Å². The molecule has 0 aliphatic carbocycles. The smallest absolute Gasteiger partial charge is 0.232 e. The molecule has 0 fully saturated rings. The molecular weight excluding hydrogens is 224 g/mol. The first kappa shape index (κ1) is 11.1. The van der Waals surface area contributed by atoms with Gasteiger partial charge in [0, 0.05) is 5.02 Å². The molecule has 1 aromatic carbocycles. The highest BCUT2D eigenvalue weighted by molar-refractivity contribution is 7.92. The van der Waals surface area contributed by atoms with Crippen molar-refractivity contribution < 1.29 is 8.42 Å². The molecule has 0 aromatic heterocycles. The molecule has 3 N–H and O–H groups in total. The average molecular weight is 235 g/mol. The van der Waals surface area contributed by atoms with Gasteiger partial charge in [-0.15, -0.1) is 0 Å². The summed E-state index contributed by atoms with van der Waals surface area (Å²) in [6.07, 6.45) is 0. The SMILES string of the molecule is CCS(=O)(=O)Nc1cc(Cl)ccc1N. The Morgan fingerprint density at radius 2 is 2.14 bits per heavy atom. The van der Waals surface area contributed by atoms with Gasteiger partial charge in [-0.3, -0.25) is 4.72 Å². The Kier molecular flexibility index (Phi) is 3.23. The number of halogens is 1. The lowest BCUT2D eigenvalue weighted by atomic mass is 10.3. The second-order valence-electron chi connectivity index (χ2n) is 2.74. The number of anilines is 2. The van der Waals surface area contributed by atoms with E-state index in [1.807, 2.05) is 0 Å². The van der Waals surface area contributed by atoms with E-state index in [2.05, 4.69) is 4.72 Å². The Bertz CT molecular complexity index is 431. The zero-order valence-corrected chi connectivity index (χ0v) is 9.19. The van der Waals surface area contributed by atoms with Crippen LogP contribution in [0.3, 0.4) is 0 Å². The van der Waals surface area contributed by atoms with Gasteiger partial charge >= 0.3 is 0 Å². The molecule has 0 radical (unpaired) electrons. The predicted molar refractivity (Wildman–Crippen MR) is 58.9 cm³/mol. The van der Waals surface area contributed by atoms with E-state index in [1.54, 1.807) is 19.1 Å². The molecule has 6 heteroatoms. The summed E-state index contributed by atoms with van der Waals surface area (Å²) < 4.78 is 24.8. The second kappa shape index (κ2) is 4.06. The normalized spacial score (nSPS) is 11.3. The fourth-order valence-electron chi connectivity index (χ4n) is 0.857. The lowest BCUT2D eigenvalue weighted by Gasteiger charge is -2.08. The number of sulfonamides is 1. The lowest BCUT2D eigenvalue weighted by Crippen LogP contribution is -2.15. The minimum absolute atomic E-state index is 0.00104. The molecule has 0 aliphatic heterocycles. The molecule has 78 valence electrons. The van der Waals surface area contributed by atoms with Crippen molar-refractivity contribution in [2.75, 3.05) is 16.2 Å². The third-order valence-corrected chi connectivity index (χ3v) is 3.19. The zero-order chi connectivity index (χ0) is 10.8. The fourth-order valence-corrected chi connectivity index (χ4v) is 1.68. The van der Waals surface area contributed by atoms with Crippen LogP contribution in [-0.4, -0.2) is 14.2 Å². The van der Waals surface area contributed by atoms with E-state index in [0.29, 0.717) is 16.4 Å². The molecule has 0 aliphatic rings. The first-order chi connectivity index (χ1) is 6.44. The number of rotatable bonds is 3. The molecule has 4 nitrogen and oxygen atoms in total. The number of hydrogen-bond donors (Lipinski definition) is 2. The van der Waals surface area contributed by atoms with Gasteiger partial charge in [0.1, 0.15) is 0 Å². The summed E-state index contributed by atoms with van der Waals surface area (Å²) in [7, 11) is -3.30. The van der Waals surface area contributed by atoms with Gasteiger partial charge in [-0.05, 0) is 25.1 Å². The Balaban J connectivity index is 3.03. The molecule has 0 atom stereocenters. The van der Waals surface area contributed by atoms with Crippen LogP contribution in [-0.2, 0) is 10.0 Å². The van der Waals surface area contributed by atoms with Crippen molar-refractivity contribution in [3.05, 3.63) is 23.2 Å². The maximum absolute atomic E-state index is 11.2. The highest BCUT2D eigenvalue weighted by Crippen LogP contribution is 2.23. The Morgan fingerprint density at radius 1 is 1.50 bits per heavy atom. The van der Waals surface area contributed by atoms with Crippen molar-refractivity contribution in [3.63, 3.8) is 0 Å². The molecule has 0 spiro atoms. The standard InChI is InChI=1S/C8H11ClN2O2S/c1-2-14(12,13)11-8-5-6(9)3-4-7(8)10/h3-5,11H,2,10H2,1H3. The summed E-state index contributed by atoms with van der Waals surface area (Å²) in [6.45, 7) is 1.54. The van der Waals surface area contributed by atoms with E-state index in [1.165, 1.54) is 6.07 Å². The maximum Gasteiger partial charge on any atom is 0.232 e. The van der Waals surface area contributed by atoms with Crippen LogP contribution in [0, 0.1) is 0 Å². The number of nitrogens with two attached hydrogens (primary N) is 1. The van der Waals surface area contributed by atoms with Crippen LogP contribution < -0.4 is 10.5 Å². The lowest BCUT2D eigenvalue weighted by molar-refractivity contribution is 0.602. The van der Waals surface area contributed by atoms with Crippen molar-refractivity contribution in [1.82, 2.24) is 0 Å². The molecule has 0 heterocycles. The minimum atomic E-state index is -3.30.